The molecule has 1 aromatic heterocycles. The Labute approximate surface area is 105 Å². The normalized spacial score (nSPS) is 11.3. The van der Waals surface area contributed by atoms with Crippen molar-refractivity contribution in [2.45, 2.75) is 12.7 Å². The maximum absolute atomic E-state index is 12.2. The van der Waals surface area contributed by atoms with Gasteiger partial charge in [-0.1, -0.05) is 12.1 Å². The van der Waals surface area contributed by atoms with Gasteiger partial charge in [0.05, 0.1) is 17.2 Å². The van der Waals surface area contributed by atoms with Gasteiger partial charge in [0.25, 0.3) is 5.56 Å². The fourth-order valence-corrected chi connectivity index (χ4v) is 1.64. The van der Waals surface area contributed by atoms with Crippen LogP contribution in [0.1, 0.15) is 5.56 Å². The van der Waals surface area contributed by atoms with Crippen LogP contribution in [0.2, 0.25) is 0 Å². The highest BCUT2D eigenvalue weighted by atomic mass is 19.4. The van der Waals surface area contributed by atoms with Gasteiger partial charge in [-0.05, 0) is 17.7 Å². The highest BCUT2D eigenvalue weighted by Crippen LogP contribution is 2.18. The van der Waals surface area contributed by atoms with Gasteiger partial charge in [-0.2, -0.15) is 18.4 Å². The van der Waals surface area contributed by atoms with Crippen LogP contribution in [0.15, 0.2) is 35.3 Å². The monoisotopic (exact) mass is 267 g/mol. The summed E-state index contributed by atoms with van der Waals surface area (Å²) in [6.45, 7) is -1.36. The zero-order valence-electron chi connectivity index (χ0n) is 9.53. The summed E-state index contributed by atoms with van der Waals surface area (Å²) in [5, 5.41) is 10.9. The first-order valence-electron chi connectivity index (χ1n) is 5.26. The maximum Gasteiger partial charge on any atom is 0.408 e. The molecule has 0 fully saturated rings. The molecule has 7 heteroatoms. The molecule has 0 aliphatic rings. The Morgan fingerprint density at radius 1 is 1.26 bits per heavy atom. The van der Waals surface area contributed by atoms with Gasteiger partial charge in [0, 0.05) is 6.20 Å². The van der Waals surface area contributed by atoms with Gasteiger partial charge >= 0.3 is 6.18 Å². The van der Waals surface area contributed by atoms with Gasteiger partial charge < -0.3 is 5.10 Å². The van der Waals surface area contributed by atoms with Crippen molar-refractivity contribution in [3.63, 3.8) is 0 Å². The van der Waals surface area contributed by atoms with Crippen molar-refractivity contribution in [3.05, 3.63) is 46.4 Å². The van der Waals surface area contributed by atoms with Gasteiger partial charge in [-0.25, -0.2) is 4.68 Å². The Hall–Kier alpha value is -2.49. The van der Waals surface area contributed by atoms with Crippen LogP contribution in [-0.4, -0.2) is 16.0 Å². The lowest BCUT2D eigenvalue weighted by Gasteiger charge is -2.05. The number of alkyl halides is 3. The van der Waals surface area contributed by atoms with E-state index >= 15 is 0 Å². The number of nitrogens with zero attached hydrogens (tertiary/aromatic N) is 2. The van der Waals surface area contributed by atoms with Crippen LogP contribution >= 0.6 is 0 Å². The highest BCUT2D eigenvalue weighted by molar-refractivity contribution is 5.62. The van der Waals surface area contributed by atoms with Crippen LogP contribution in [0.25, 0.3) is 11.1 Å². The number of rotatable bonds is 2. The number of nitrogens with one attached hydrogen (secondary N) is 1. The van der Waals surface area contributed by atoms with Crippen molar-refractivity contribution < 1.29 is 13.2 Å². The maximum atomic E-state index is 12.2. The van der Waals surface area contributed by atoms with E-state index < -0.39 is 18.3 Å². The zero-order valence-corrected chi connectivity index (χ0v) is 9.53. The molecular weight excluding hydrogens is 259 g/mol. The molecular formula is C12H8F3N3O. The second kappa shape index (κ2) is 4.65. The molecule has 2 rings (SSSR count). The fraction of sp³-hybridized carbons (Fsp3) is 0.167. The summed E-state index contributed by atoms with van der Waals surface area (Å²) in [5.41, 5.74) is 0.256. The minimum Gasteiger partial charge on any atom is -0.302 e. The number of benzene rings is 1. The van der Waals surface area contributed by atoms with Gasteiger partial charge in [-0.15, -0.1) is 0 Å². The minimum atomic E-state index is -4.46. The zero-order chi connectivity index (χ0) is 14.0. The summed E-state index contributed by atoms with van der Waals surface area (Å²) in [7, 11) is 0. The Balaban J connectivity index is 2.36. The SMILES string of the molecule is N#Cc1ccc(-c2c[nH]n(CC(F)(F)F)c2=O)cc1. The molecule has 0 aliphatic heterocycles. The third kappa shape index (κ3) is 2.85. The average Bonchev–Trinajstić information content (AvgIpc) is 2.69. The number of hydrogen-bond acceptors (Lipinski definition) is 2. The van der Waals surface area contributed by atoms with E-state index in [2.05, 4.69) is 5.10 Å². The van der Waals surface area contributed by atoms with E-state index in [0.29, 0.717) is 15.8 Å². The van der Waals surface area contributed by atoms with Crippen molar-refractivity contribution in [2.24, 2.45) is 0 Å². The van der Waals surface area contributed by atoms with E-state index in [9.17, 15) is 18.0 Å². The predicted octanol–water partition coefficient (Wildman–Crippen LogP) is 2.28. The second-order valence-corrected chi connectivity index (χ2v) is 3.88. The molecule has 2 aromatic rings. The molecule has 1 aromatic carbocycles. The lowest BCUT2D eigenvalue weighted by atomic mass is 10.1. The topological polar surface area (TPSA) is 61.6 Å². The molecule has 0 bridgehead atoms. The van der Waals surface area contributed by atoms with Crippen LogP contribution in [0.4, 0.5) is 13.2 Å². The Bertz CT molecular complexity index is 674. The van der Waals surface area contributed by atoms with E-state index in [0.717, 1.165) is 0 Å². The molecule has 1 heterocycles. The van der Waals surface area contributed by atoms with Crippen LogP contribution in [0.5, 0.6) is 0 Å². The molecule has 19 heavy (non-hydrogen) atoms. The average molecular weight is 267 g/mol. The van der Waals surface area contributed by atoms with Gasteiger partial charge in [0.1, 0.15) is 6.54 Å². The summed E-state index contributed by atoms with van der Waals surface area (Å²) < 4.78 is 37.1. The Kier molecular flexibility index (Phi) is 3.17. The van der Waals surface area contributed by atoms with Crippen LogP contribution in [0.3, 0.4) is 0 Å². The number of aromatic nitrogens is 2. The molecule has 0 atom stereocenters. The van der Waals surface area contributed by atoms with Gasteiger partial charge in [0.2, 0.25) is 0 Å². The standard InChI is InChI=1S/C12H8F3N3O/c13-12(14,15)7-18-11(19)10(6-17-18)9-3-1-8(5-16)2-4-9/h1-4,6,17H,7H2. The second-order valence-electron chi connectivity index (χ2n) is 3.88. The lowest BCUT2D eigenvalue weighted by molar-refractivity contribution is -0.143. The summed E-state index contributed by atoms with van der Waals surface area (Å²) in [6.07, 6.45) is -3.24. The van der Waals surface area contributed by atoms with Crippen LogP contribution in [0, 0.1) is 11.3 Å². The first-order chi connectivity index (χ1) is 8.90. The van der Waals surface area contributed by atoms with Crippen molar-refractivity contribution >= 4 is 0 Å². The molecule has 1 N–H and O–H groups in total. The molecule has 0 spiro atoms. The third-order valence-electron chi connectivity index (χ3n) is 2.50. The number of hydrogen-bond donors (Lipinski definition) is 1. The molecule has 0 saturated heterocycles. The van der Waals surface area contributed by atoms with E-state index in [4.69, 9.17) is 5.26 Å². The van der Waals surface area contributed by atoms with Gasteiger partial charge in [-0.3, -0.25) is 4.79 Å². The van der Waals surface area contributed by atoms with Crippen molar-refractivity contribution in [1.82, 2.24) is 9.78 Å². The quantitative estimate of drug-likeness (QED) is 0.907. The van der Waals surface area contributed by atoms with E-state index in [1.54, 1.807) is 0 Å². The number of halogens is 3. The van der Waals surface area contributed by atoms with E-state index in [-0.39, 0.29) is 5.56 Å². The minimum absolute atomic E-state index is 0.133. The van der Waals surface area contributed by atoms with Crippen LogP contribution < -0.4 is 5.56 Å². The predicted molar refractivity (Wildman–Crippen MR) is 61.3 cm³/mol. The number of H-pyrrole nitrogens is 1. The van der Waals surface area contributed by atoms with Gasteiger partial charge in [0.15, 0.2) is 0 Å². The summed E-state index contributed by atoms with van der Waals surface area (Å²) in [6, 6.07) is 7.94. The summed E-state index contributed by atoms with van der Waals surface area (Å²) in [4.78, 5) is 11.8. The first-order valence-corrected chi connectivity index (χ1v) is 5.26. The molecule has 0 unspecified atom stereocenters. The molecule has 0 saturated carbocycles. The third-order valence-corrected chi connectivity index (χ3v) is 2.50. The van der Waals surface area contributed by atoms with Crippen molar-refractivity contribution in [2.75, 3.05) is 0 Å². The summed E-state index contributed by atoms with van der Waals surface area (Å²) >= 11 is 0. The Morgan fingerprint density at radius 3 is 2.42 bits per heavy atom. The molecule has 0 aliphatic carbocycles. The first kappa shape index (κ1) is 13.0. The molecule has 4 nitrogen and oxygen atoms in total. The van der Waals surface area contributed by atoms with Crippen molar-refractivity contribution in [1.29, 1.82) is 5.26 Å². The summed E-state index contributed by atoms with van der Waals surface area (Å²) in [5.74, 6) is 0. The molecule has 0 amide bonds. The van der Waals surface area contributed by atoms with Crippen LogP contribution in [-0.2, 0) is 6.54 Å². The van der Waals surface area contributed by atoms with E-state index in [1.807, 2.05) is 6.07 Å². The molecule has 0 radical (unpaired) electrons. The smallest absolute Gasteiger partial charge is 0.302 e. The highest BCUT2D eigenvalue weighted by Gasteiger charge is 2.29. The fourth-order valence-electron chi connectivity index (χ4n) is 1.64. The van der Waals surface area contributed by atoms with E-state index in [1.165, 1.54) is 30.5 Å². The lowest BCUT2D eigenvalue weighted by Crippen LogP contribution is -2.26. The van der Waals surface area contributed by atoms with Crippen molar-refractivity contribution in [3.8, 4) is 17.2 Å². The Morgan fingerprint density at radius 2 is 1.89 bits per heavy atom. The molecule has 98 valence electrons. The largest absolute Gasteiger partial charge is 0.408 e. The number of nitriles is 1. The number of aromatic amines is 1.